The quantitative estimate of drug-likeness (QED) is 0.822. The molecule has 1 heterocycles. The summed E-state index contributed by atoms with van der Waals surface area (Å²) in [5.41, 5.74) is 1.20. The zero-order valence-electron chi connectivity index (χ0n) is 13.2. The molecule has 1 fully saturated rings. The molecule has 5 nitrogen and oxygen atoms in total. The van der Waals surface area contributed by atoms with Crippen molar-refractivity contribution < 1.29 is 9.59 Å². The van der Waals surface area contributed by atoms with E-state index < -0.39 is 0 Å². The van der Waals surface area contributed by atoms with Gasteiger partial charge in [-0.3, -0.25) is 14.5 Å². The molecular formula is C16H23N3O2S. The average molecular weight is 321 g/mol. The first-order valence-electron chi connectivity index (χ1n) is 7.49. The maximum atomic E-state index is 12.3. The Labute approximate surface area is 136 Å². The smallest absolute Gasteiger partial charge is 0.233 e. The molecule has 2 amide bonds. The van der Waals surface area contributed by atoms with E-state index >= 15 is 0 Å². The number of benzene rings is 1. The molecule has 1 aromatic rings. The Balaban J connectivity index is 1.76. The van der Waals surface area contributed by atoms with Crippen LogP contribution in [0.1, 0.15) is 5.56 Å². The second-order valence-corrected chi connectivity index (χ2v) is 6.40. The second kappa shape index (κ2) is 8.19. The first-order chi connectivity index (χ1) is 10.6. The van der Waals surface area contributed by atoms with E-state index in [-0.39, 0.29) is 11.8 Å². The van der Waals surface area contributed by atoms with Crippen molar-refractivity contribution in [3.05, 3.63) is 29.8 Å². The summed E-state index contributed by atoms with van der Waals surface area (Å²) in [4.78, 5) is 28.8. The lowest BCUT2D eigenvalue weighted by Gasteiger charge is -2.34. The Morgan fingerprint density at radius 1 is 1.18 bits per heavy atom. The molecule has 1 aliphatic heterocycles. The number of carbonyl (C=O) groups is 2. The highest BCUT2D eigenvalue weighted by atomic mass is 32.2. The maximum Gasteiger partial charge on any atom is 0.233 e. The first kappa shape index (κ1) is 16.8. The Kier molecular flexibility index (Phi) is 6.27. The number of thioether (sulfide) groups is 1. The van der Waals surface area contributed by atoms with E-state index in [1.54, 1.807) is 18.8 Å². The van der Waals surface area contributed by atoms with Crippen molar-refractivity contribution >= 4 is 23.6 Å². The van der Waals surface area contributed by atoms with Crippen molar-refractivity contribution in [2.75, 3.05) is 45.5 Å². The van der Waals surface area contributed by atoms with E-state index in [0.29, 0.717) is 25.4 Å². The number of piperazine rings is 1. The van der Waals surface area contributed by atoms with Gasteiger partial charge in [-0.15, -0.1) is 11.8 Å². The minimum absolute atomic E-state index is 0.0230. The number of rotatable bonds is 5. The molecule has 0 aliphatic carbocycles. The van der Waals surface area contributed by atoms with Crippen LogP contribution in [0.15, 0.2) is 29.2 Å². The van der Waals surface area contributed by atoms with Gasteiger partial charge in [0.15, 0.2) is 0 Å². The van der Waals surface area contributed by atoms with Crippen LogP contribution in [0.5, 0.6) is 0 Å². The summed E-state index contributed by atoms with van der Waals surface area (Å²) in [6.45, 7) is 5.39. The zero-order chi connectivity index (χ0) is 15.9. The fraction of sp³-hybridized carbons (Fsp3) is 0.500. The van der Waals surface area contributed by atoms with Crippen LogP contribution < -0.4 is 5.32 Å². The minimum Gasteiger partial charge on any atom is -0.358 e. The SMILES string of the molecule is CNC(=O)CN1CCN(C(=O)CSc2ccccc2C)CC1. The summed E-state index contributed by atoms with van der Waals surface area (Å²) in [7, 11) is 1.64. The summed E-state index contributed by atoms with van der Waals surface area (Å²) in [5.74, 6) is 0.669. The van der Waals surface area contributed by atoms with E-state index in [2.05, 4.69) is 29.3 Å². The van der Waals surface area contributed by atoms with Crippen LogP contribution in [0.4, 0.5) is 0 Å². The largest absolute Gasteiger partial charge is 0.358 e. The van der Waals surface area contributed by atoms with Crippen molar-refractivity contribution in [1.82, 2.24) is 15.1 Å². The van der Waals surface area contributed by atoms with Crippen LogP contribution in [-0.2, 0) is 9.59 Å². The molecule has 1 saturated heterocycles. The number of hydrogen-bond donors (Lipinski definition) is 1. The number of nitrogens with one attached hydrogen (secondary N) is 1. The molecule has 0 unspecified atom stereocenters. The number of amides is 2. The van der Waals surface area contributed by atoms with Gasteiger partial charge in [-0.25, -0.2) is 0 Å². The van der Waals surface area contributed by atoms with E-state index in [1.165, 1.54) is 5.56 Å². The molecule has 0 saturated carbocycles. The molecule has 0 spiro atoms. The molecular weight excluding hydrogens is 298 g/mol. The van der Waals surface area contributed by atoms with Gasteiger partial charge in [-0.05, 0) is 18.6 Å². The van der Waals surface area contributed by atoms with Gasteiger partial charge in [0.1, 0.15) is 0 Å². The van der Waals surface area contributed by atoms with Crippen LogP contribution in [0, 0.1) is 6.92 Å². The van der Waals surface area contributed by atoms with Gasteiger partial charge in [0.25, 0.3) is 0 Å². The summed E-state index contributed by atoms with van der Waals surface area (Å²) >= 11 is 1.59. The molecule has 2 rings (SSSR count). The second-order valence-electron chi connectivity index (χ2n) is 5.38. The monoisotopic (exact) mass is 321 g/mol. The maximum absolute atomic E-state index is 12.3. The molecule has 0 bridgehead atoms. The lowest BCUT2D eigenvalue weighted by Crippen LogP contribution is -2.51. The predicted octanol–water partition coefficient (Wildman–Crippen LogP) is 0.977. The van der Waals surface area contributed by atoms with Crippen LogP contribution >= 0.6 is 11.8 Å². The van der Waals surface area contributed by atoms with Gasteiger partial charge in [0.05, 0.1) is 12.3 Å². The molecule has 1 N–H and O–H groups in total. The molecule has 6 heteroatoms. The van der Waals surface area contributed by atoms with Gasteiger partial charge in [-0.2, -0.15) is 0 Å². The van der Waals surface area contributed by atoms with Crippen LogP contribution in [-0.4, -0.2) is 67.1 Å². The molecule has 22 heavy (non-hydrogen) atoms. The van der Waals surface area contributed by atoms with Crippen molar-refractivity contribution in [2.45, 2.75) is 11.8 Å². The van der Waals surface area contributed by atoms with Crippen molar-refractivity contribution in [1.29, 1.82) is 0 Å². The first-order valence-corrected chi connectivity index (χ1v) is 8.48. The highest BCUT2D eigenvalue weighted by Crippen LogP contribution is 2.22. The third-order valence-corrected chi connectivity index (χ3v) is 4.98. The third kappa shape index (κ3) is 4.74. The van der Waals surface area contributed by atoms with E-state index in [9.17, 15) is 9.59 Å². The van der Waals surface area contributed by atoms with E-state index in [1.807, 2.05) is 17.0 Å². The van der Waals surface area contributed by atoms with Gasteiger partial charge in [-0.1, -0.05) is 18.2 Å². The Bertz CT molecular complexity index is 528. The normalized spacial score (nSPS) is 15.6. The highest BCUT2D eigenvalue weighted by Gasteiger charge is 2.22. The van der Waals surface area contributed by atoms with Crippen LogP contribution in [0.3, 0.4) is 0 Å². The Morgan fingerprint density at radius 3 is 2.50 bits per heavy atom. The Morgan fingerprint density at radius 2 is 1.86 bits per heavy atom. The molecule has 0 atom stereocenters. The topological polar surface area (TPSA) is 52.7 Å². The third-order valence-electron chi connectivity index (χ3n) is 3.82. The molecule has 120 valence electrons. The summed E-state index contributed by atoms with van der Waals surface area (Å²) in [6.07, 6.45) is 0. The molecule has 0 aromatic heterocycles. The predicted molar refractivity (Wildman–Crippen MR) is 89.0 cm³/mol. The van der Waals surface area contributed by atoms with E-state index in [4.69, 9.17) is 0 Å². The molecule has 1 aromatic carbocycles. The van der Waals surface area contributed by atoms with Crippen LogP contribution in [0.2, 0.25) is 0 Å². The Hall–Kier alpha value is -1.53. The molecule has 1 aliphatic rings. The van der Waals surface area contributed by atoms with Gasteiger partial charge in [0, 0.05) is 38.1 Å². The number of likely N-dealkylation sites (N-methyl/N-ethyl adjacent to an activating group) is 1. The number of hydrogen-bond acceptors (Lipinski definition) is 4. The fourth-order valence-electron chi connectivity index (χ4n) is 2.39. The lowest BCUT2D eigenvalue weighted by atomic mass is 10.2. The summed E-state index contributed by atoms with van der Waals surface area (Å²) < 4.78 is 0. The number of nitrogens with zero attached hydrogens (tertiary/aromatic N) is 2. The van der Waals surface area contributed by atoms with Crippen molar-refractivity contribution in [2.24, 2.45) is 0 Å². The zero-order valence-corrected chi connectivity index (χ0v) is 14.0. The van der Waals surface area contributed by atoms with Gasteiger partial charge in [0.2, 0.25) is 11.8 Å². The van der Waals surface area contributed by atoms with Gasteiger partial charge >= 0.3 is 0 Å². The van der Waals surface area contributed by atoms with Crippen molar-refractivity contribution in [3.63, 3.8) is 0 Å². The number of carbonyl (C=O) groups excluding carboxylic acids is 2. The highest BCUT2D eigenvalue weighted by molar-refractivity contribution is 8.00. The summed E-state index contributed by atoms with van der Waals surface area (Å²) in [6, 6.07) is 8.11. The molecule has 0 radical (unpaired) electrons. The van der Waals surface area contributed by atoms with Gasteiger partial charge < -0.3 is 10.2 Å². The van der Waals surface area contributed by atoms with E-state index in [0.717, 1.165) is 18.0 Å². The average Bonchev–Trinajstić information content (AvgIpc) is 2.54. The lowest BCUT2D eigenvalue weighted by molar-refractivity contribution is -0.130. The minimum atomic E-state index is 0.0230. The fourth-order valence-corrected chi connectivity index (χ4v) is 3.32. The van der Waals surface area contributed by atoms with Crippen molar-refractivity contribution in [3.8, 4) is 0 Å². The standard InChI is InChI=1S/C16H23N3O2S/c1-13-5-3-4-6-14(13)22-12-16(21)19-9-7-18(8-10-19)11-15(20)17-2/h3-6H,7-12H2,1-2H3,(H,17,20). The summed E-state index contributed by atoms with van der Waals surface area (Å²) in [5, 5.41) is 2.63. The number of aryl methyl sites for hydroxylation is 1. The van der Waals surface area contributed by atoms with Crippen LogP contribution in [0.25, 0.3) is 0 Å².